The highest BCUT2D eigenvalue weighted by Crippen LogP contribution is 2.39. The Labute approximate surface area is 232 Å². The molecule has 5 rings (SSSR count). The molecule has 0 amide bonds. The average Bonchev–Trinajstić information content (AvgIpc) is 3.52. The minimum absolute atomic E-state index is 0.172. The molecule has 0 saturated heterocycles. The number of rotatable bonds is 8. The van der Waals surface area contributed by atoms with E-state index in [2.05, 4.69) is 29.3 Å². The van der Waals surface area contributed by atoms with Gasteiger partial charge in [-0.1, -0.05) is 36.0 Å². The van der Waals surface area contributed by atoms with E-state index in [1.165, 1.54) is 0 Å². The molecule has 0 unspecified atom stereocenters. The molecule has 200 valence electrons. The first kappa shape index (κ1) is 26.5. The fourth-order valence-electron chi connectivity index (χ4n) is 4.99. The summed E-state index contributed by atoms with van der Waals surface area (Å²) in [6.45, 7) is 11.8. The number of aromatic nitrogens is 5. The molecule has 0 atom stereocenters. The molecule has 0 aliphatic heterocycles. The summed E-state index contributed by atoms with van der Waals surface area (Å²) in [5.41, 5.74) is 6.37. The van der Waals surface area contributed by atoms with Crippen LogP contribution in [0.2, 0.25) is 0 Å². The van der Waals surface area contributed by atoms with E-state index in [9.17, 15) is 9.90 Å². The largest absolute Gasteiger partial charge is 0.478 e. The van der Waals surface area contributed by atoms with Crippen molar-refractivity contribution in [2.24, 2.45) is 0 Å². The number of allylic oxidation sites excluding steroid dienone is 3. The van der Waals surface area contributed by atoms with Gasteiger partial charge in [0.15, 0.2) is 0 Å². The first-order valence-electron chi connectivity index (χ1n) is 12.8. The van der Waals surface area contributed by atoms with E-state index in [0.717, 1.165) is 39.3 Å². The summed E-state index contributed by atoms with van der Waals surface area (Å²) >= 11 is 0. The molecule has 0 aromatic carbocycles. The molecule has 0 spiro atoms. The highest BCUT2D eigenvalue weighted by molar-refractivity contribution is 5.96. The van der Waals surface area contributed by atoms with Crippen LogP contribution in [0.3, 0.4) is 0 Å². The molecule has 1 N–H and O–H groups in total. The standard InChI is InChI=1S/C32H29N5O3/c1-6-23(31(38)39)14-13-20(2)25-19-37(26-17-24(18-35-30(25)26)29-21(3)36-40-22(29)4)32(5,27-11-7-9-15-33-27)28-12-8-10-16-34-28/h6-19H,2H2,1,3-5H3,(H,38,39)/b14-13-,23-6+. The lowest BCUT2D eigenvalue weighted by Gasteiger charge is -2.31. The third-order valence-corrected chi connectivity index (χ3v) is 7.14. The smallest absolute Gasteiger partial charge is 0.335 e. The summed E-state index contributed by atoms with van der Waals surface area (Å²) < 4.78 is 7.56. The molecule has 5 aromatic rings. The molecule has 0 bridgehead atoms. The number of carboxylic acid groups (broad SMARTS) is 1. The maximum Gasteiger partial charge on any atom is 0.335 e. The summed E-state index contributed by atoms with van der Waals surface area (Å²) in [4.78, 5) is 25.9. The number of aryl methyl sites for hydroxylation is 2. The highest BCUT2D eigenvalue weighted by atomic mass is 16.5. The first-order chi connectivity index (χ1) is 19.3. The van der Waals surface area contributed by atoms with E-state index in [1.54, 1.807) is 43.7 Å². The minimum atomic E-state index is -1.01. The normalized spacial score (nSPS) is 12.3. The van der Waals surface area contributed by atoms with E-state index in [1.807, 2.05) is 56.4 Å². The van der Waals surface area contributed by atoms with Crippen molar-refractivity contribution < 1.29 is 14.4 Å². The summed E-state index contributed by atoms with van der Waals surface area (Å²) in [6.07, 6.45) is 12.1. The predicted octanol–water partition coefficient (Wildman–Crippen LogP) is 6.51. The summed E-state index contributed by atoms with van der Waals surface area (Å²) in [6, 6.07) is 13.7. The van der Waals surface area contributed by atoms with Crippen molar-refractivity contribution in [3.05, 3.63) is 126 Å². The third-order valence-electron chi connectivity index (χ3n) is 7.14. The number of hydrogen-bond donors (Lipinski definition) is 1. The van der Waals surface area contributed by atoms with Crippen LogP contribution >= 0.6 is 0 Å². The van der Waals surface area contributed by atoms with Crippen molar-refractivity contribution in [3.8, 4) is 11.1 Å². The number of aliphatic carboxylic acids is 1. The summed E-state index contributed by atoms with van der Waals surface area (Å²) in [5.74, 6) is -0.303. The van der Waals surface area contributed by atoms with Gasteiger partial charge in [-0.2, -0.15) is 0 Å². The maximum atomic E-state index is 11.6. The number of fused-ring (bicyclic) bond motifs is 1. The Bertz CT molecular complexity index is 1720. The number of hydrogen-bond acceptors (Lipinski definition) is 6. The second kappa shape index (κ2) is 10.6. The van der Waals surface area contributed by atoms with Crippen LogP contribution < -0.4 is 0 Å². The molecule has 5 aromatic heterocycles. The lowest BCUT2D eigenvalue weighted by atomic mass is 9.91. The molecule has 0 aliphatic rings. The van der Waals surface area contributed by atoms with E-state index in [0.29, 0.717) is 16.9 Å². The van der Waals surface area contributed by atoms with Crippen LogP contribution in [0.25, 0.3) is 27.7 Å². The lowest BCUT2D eigenvalue weighted by Crippen LogP contribution is -2.34. The first-order valence-corrected chi connectivity index (χ1v) is 12.8. The Hall–Kier alpha value is -5.11. The minimum Gasteiger partial charge on any atom is -0.478 e. The van der Waals surface area contributed by atoms with Gasteiger partial charge < -0.3 is 14.2 Å². The van der Waals surface area contributed by atoms with Gasteiger partial charge in [0.2, 0.25) is 0 Å². The Morgan fingerprint density at radius 1 is 1.05 bits per heavy atom. The zero-order valence-electron chi connectivity index (χ0n) is 22.8. The molecular formula is C32H29N5O3. The van der Waals surface area contributed by atoms with Gasteiger partial charge in [0.1, 0.15) is 11.3 Å². The second-order valence-corrected chi connectivity index (χ2v) is 9.61. The SMILES string of the molecule is C=C(/C=C\C(=C/C)C(=O)O)c1cn(C(C)(c2ccccn2)c2ccccn2)c2cc(-c3c(C)noc3C)cnc12. The fraction of sp³-hybridized carbons (Fsp3) is 0.156. The van der Waals surface area contributed by atoms with Gasteiger partial charge in [0.05, 0.1) is 33.7 Å². The summed E-state index contributed by atoms with van der Waals surface area (Å²) in [7, 11) is 0. The van der Waals surface area contributed by atoms with Crippen LogP contribution in [0.5, 0.6) is 0 Å². The van der Waals surface area contributed by atoms with E-state index in [4.69, 9.17) is 19.5 Å². The van der Waals surface area contributed by atoms with E-state index < -0.39 is 11.5 Å². The molecule has 0 radical (unpaired) electrons. The van der Waals surface area contributed by atoms with E-state index in [-0.39, 0.29) is 5.57 Å². The van der Waals surface area contributed by atoms with Gasteiger partial charge in [-0.25, -0.2) is 4.79 Å². The molecular weight excluding hydrogens is 502 g/mol. The summed E-state index contributed by atoms with van der Waals surface area (Å²) in [5, 5.41) is 13.6. The van der Waals surface area contributed by atoms with Crippen molar-refractivity contribution in [1.29, 1.82) is 0 Å². The van der Waals surface area contributed by atoms with Gasteiger partial charge in [-0.05, 0) is 69.7 Å². The van der Waals surface area contributed by atoms with Crippen LogP contribution in [-0.2, 0) is 10.3 Å². The zero-order chi connectivity index (χ0) is 28.4. The zero-order valence-corrected chi connectivity index (χ0v) is 22.8. The van der Waals surface area contributed by atoms with Crippen LogP contribution in [0.4, 0.5) is 0 Å². The van der Waals surface area contributed by atoms with Gasteiger partial charge in [0.25, 0.3) is 0 Å². The molecule has 0 fully saturated rings. The van der Waals surface area contributed by atoms with Gasteiger partial charge in [-0.3, -0.25) is 15.0 Å². The quantitative estimate of drug-likeness (QED) is 0.180. The van der Waals surface area contributed by atoms with Crippen molar-refractivity contribution in [1.82, 2.24) is 24.7 Å². The Kier molecular flexibility index (Phi) is 7.00. The fourth-order valence-corrected chi connectivity index (χ4v) is 4.99. The van der Waals surface area contributed by atoms with Crippen molar-refractivity contribution in [3.63, 3.8) is 0 Å². The predicted molar refractivity (Wildman–Crippen MR) is 155 cm³/mol. The molecule has 8 nitrogen and oxygen atoms in total. The third kappa shape index (κ3) is 4.53. The van der Waals surface area contributed by atoms with Crippen LogP contribution in [-0.4, -0.2) is 35.8 Å². The van der Waals surface area contributed by atoms with Gasteiger partial charge in [-0.15, -0.1) is 0 Å². The van der Waals surface area contributed by atoms with Crippen LogP contribution in [0.15, 0.2) is 102 Å². The van der Waals surface area contributed by atoms with Crippen LogP contribution in [0, 0.1) is 13.8 Å². The highest BCUT2D eigenvalue weighted by Gasteiger charge is 2.36. The van der Waals surface area contributed by atoms with Crippen LogP contribution in [0.1, 0.15) is 42.3 Å². The topological polar surface area (TPSA) is 107 Å². The lowest BCUT2D eigenvalue weighted by molar-refractivity contribution is -0.132. The number of carbonyl (C=O) groups is 1. The Morgan fingerprint density at radius 2 is 1.73 bits per heavy atom. The molecule has 8 heteroatoms. The maximum absolute atomic E-state index is 11.6. The van der Waals surface area contributed by atoms with Crippen molar-refractivity contribution >= 4 is 22.6 Å². The number of nitrogens with zero attached hydrogens (tertiary/aromatic N) is 5. The average molecular weight is 532 g/mol. The number of pyridine rings is 3. The van der Waals surface area contributed by atoms with Gasteiger partial charge in [0, 0.05) is 41.5 Å². The second-order valence-electron chi connectivity index (χ2n) is 9.61. The van der Waals surface area contributed by atoms with Gasteiger partial charge >= 0.3 is 5.97 Å². The molecule has 40 heavy (non-hydrogen) atoms. The number of carboxylic acids is 1. The van der Waals surface area contributed by atoms with E-state index >= 15 is 0 Å². The van der Waals surface area contributed by atoms with Crippen molar-refractivity contribution in [2.75, 3.05) is 0 Å². The Morgan fingerprint density at radius 3 is 2.25 bits per heavy atom. The Balaban J connectivity index is 1.81. The molecule has 0 aliphatic carbocycles. The van der Waals surface area contributed by atoms with Crippen molar-refractivity contribution in [2.45, 2.75) is 33.2 Å². The monoisotopic (exact) mass is 531 g/mol. The molecule has 5 heterocycles. The molecule has 0 saturated carbocycles.